The Labute approximate surface area is 307 Å². The van der Waals surface area contributed by atoms with Gasteiger partial charge in [-0.3, -0.25) is 0 Å². The molecule has 14 rings (SSSR count). The summed E-state index contributed by atoms with van der Waals surface area (Å²) >= 11 is 0. The molecule has 0 unspecified atom stereocenters. The number of hydrogen-bond acceptors (Lipinski definition) is 2. The molecule has 0 spiro atoms. The Morgan fingerprint density at radius 1 is 0.241 bits per heavy atom. The third kappa shape index (κ3) is 3.17. The first-order valence-corrected chi connectivity index (χ1v) is 18.7. The van der Waals surface area contributed by atoms with Crippen molar-refractivity contribution in [1.82, 2.24) is 0 Å². The fourth-order valence-electron chi connectivity index (χ4n) is 10.4. The van der Waals surface area contributed by atoms with Crippen molar-refractivity contribution in [2.24, 2.45) is 0 Å². The van der Waals surface area contributed by atoms with Gasteiger partial charge in [0, 0.05) is 32.7 Å². The second kappa shape index (κ2) is 9.43. The van der Waals surface area contributed by atoms with Crippen molar-refractivity contribution in [1.29, 1.82) is 0 Å². The van der Waals surface area contributed by atoms with E-state index in [1.807, 2.05) is 0 Å². The van der Waals surface area contributed by atoms with E-state index >= 15 is 0 Å². The first-order valence-electron chi connectivity index (χ1n) is 18.7. The average molecular weight is 683 g/mol. The molecule has 0 fully saturated rings. The van der Waals surface area contributed by atoms with Gasteiger partial charge < -0.3 is 8.83 Å². The molecule has 12 aromatic rings. The molecule has 2 aliphatic heterocycles. The van der Waals surface area contributed by atoms with Gasteiger partial charge in [0.05, 0.1) is 0 Å². The molecule has 246 valence electrons. The highest BCUT2D eigenvalue weighted by Crippen LogP contribution is 2.55. The van der Waals surface area contributed by atoms with Crippen molar-refractivity contribution in [2.45, 2.75) is 0 Å². The van der Waals surface area contributed by atoms with Crippen LogP contribution in [-0.4, -0.2) is 0 Å². The SMILES string of the molecule is c1ccc(-c2ccc3c4cc5oc6ccc7c8cccc9c(-c%10ccccc%10)ccc(c%10cc%11oc%12ccc(c%13cccc2c%133)c4c%12c5-c%11c6c7%10)c98)cc1. The third-order valence-electron chi connectivity index (χ3n) is 12.5. The van der Waals surface area contributed by atoms with E-state index in [-0.39, 0.29) is 0 Å². The second-order valence-corrected chi connectivity index (χ2v) is 15.0. The van der Waals surface area contributed by atoms with E-state index in [4.69, 9.17) is 8.83 Å². The number of rotatable bonds is 2. The fraction of sp³-hybridized carbons (Fsp3) is 0. The Morgan fingerprint density at radius 2 is 0.630 bits per heavy atom. The van der Waals surface area contributed by atoms with E-state index in [0.717, 1.165) is 44.2 Å². The van der Waals surface area contributed by atoms with E-state index in [0.29, 0.717) is 0 Å². The molecule has 0 bridgehead atoms. The lowest BCUT2D eigenvalue weighted by atomic mass is 9.81. The highest BCUT2D eigenvalue weighted by atomic mass is 16.3. The smallest absolute Gasteiger partial charge is 0.136 e. The van der Waals surface area contributed by atoms with E-state index < -0.39 is 0 Å². The first-order chi connectivity index (χ1) is 26.8. The fourth-order valence-corrected chi connectivity index (χ4v) is 10.4. The molecule has 0 saturated heterocycles. The van der Waals surface area contributed by atoms with Gasteiger partial charge in [0.2, 0.25) is 0 Å². The maximum atomic E-state index is 7.08. The van der Waals surface area contributed by atoms with Gasteiger partial charge in [-0.15, -0.1) is 0 Å². The van der Waals surface area contributed by atoms with Gasteiger partial charge in [-0.2, -0.15) is 0 Å². The van der Waals surface area contributed by atoms with Crippen LogP contribution in [0.1, 0.15) is 0 Å². The monoisotopic (exact) mass is 682 g/mol. The van der Waals surface area contributed by atoms with Crippen LogP contribution in [0.3, 0.4) is 0 Å². The van der Waals surface area contributed by atoms with Gasteiger partial charge >= 0.3 is 0 Å². The lowest BCUT2D eigenvalue weighted by molar-refractivity contribution is 0.647. The summed E-state index contributed by atoms with van der Waals surface area (Å²) in [6, 6.07) is 57.7. The van der Waals surface area contributed by atoms with Gasteiger partial charge in [0.25, 0.3) is 0 Å². The highest BCUT2D eigenvalue weighted by Gasteiger charge is 2.30. The zero-order chi connectivity index (χ0) is 34.8. The van der Waals surface area contributed by atoms with Crippen LogP contribution >= 0.6 is 0 Å². The Morgan fingerprint density at radius 3 is 1.09 bits per heavy atom. The topological polar surface area (TPSA) is 26.3 Å². The van der Waals surface area contributed by atoms with Gasteiger partial charge in [0.15, 0.2) is 0 Å². The summed E-state index contributed by atoms with van der Waals surface area (Å²) in [6.45, 7) is 0. The molecular formula is C52H26O2. The molecule has 0 aliphatic carbocycles. The van der Waals surface area contributed by atoms with Crippen LogP contribution < -0.4 is 0 Å². The summed E-state index contributed by atoms with van der Waals surface area (Å²) in [7, 11) is 0. The largest absolute Gasteiger partial charge is 0.456 e. The van der Waals surface area contributed by atoms with Gasteiger partial charge in [0.1, 0.15) is 22.3 Å². The molecule has 0 radical (unpaired) electrons. The molecule has 0 atom stereocenters. The van der Waals surface area contributed by atoms with Crippen LogP contribution in [0.5, 0.6) is 0 Å². The van der Waals surface area contributed by atoms with E-state index in [2.05, 4.69) is 158 Å². The number of benzene rings is 12. The van der Waals surface area contributed by atoms with E-state index in [9.17, 15) is 0 Å². The summed E-state index contributed by atoms with van der Waals surface area (Å²) in [5, 5.41) is 19.7. The third-order valence-corrected chi connectivity index (χ3v) is 12.5. The minimum Gasteiger partial charge on any atom is -0.456 e. The Kier molecular flexibility index (Phi) is 4.80. The Balaban J connectivity index is 1.16. The summed E-state index contributed by atoms with van der Waals surface area (Å²) in [4.78, 5) is 0. The maximum Gasteiger partial charge on any atom is 0.136 e. The normalized spacial score (nSPS) is 12.8. The van der Waals surface area contributed by atoms with Gasteiger partial charge in [-0.1, -0.05) is 121 Å². The molecule has 54 heavy (non-hydrogen) atoms. The van der Waals surface area contributed by atoms with E-state index in [1.165, 1.54) is 97.7 Å². The summed E-state index contributed by atoms with van der Waals surface area (Å²) in [5.41, 5.74) is 10.8. The quantitative estimate of drug-likeness (QED) is 0.134. The van der Waals surface area contributed by atoms with Gasteiger partial charge in [-0.05, 0) is 123 Å². The summed E-state index contributed by atoms with van der Waals surface area (Å²) in [5.74, 6) is 0. The highest BCUT2D eigenvalue weighted by molar-refractivity contribution is 6.42. The predicted molar refractivity (Wildman–Crippen MR) is 227 cm³/mol. The standard InChI is InChI=1S/C52H26O2/c1-3-9-27(10-4-1)29-17-19-37-39-25-43-51-49-41(23-21-35(47(39)49)33-15-7-13-31(29)45(33)37)54-44-26-40-38-20-18-30(28-11-5-2-6-12-28)32-14-8-16-34(46(32)38)36-22-24-42(53-43)50(48(36)40)52(44)51/h1-26H. The summed E-state index contributed by atoms with van der Waals surface area (Å²) in [6.07, 6.45) is 0. The van der Waals surface area contributed by atoms with Crippen LogP contribution in [0.2, 0.25) is 0 Å². The van der Waals surface area contributed by atoms with Crippen LogP contribution in [0.25, 0.3) is 142 Å². The Hall–Kier alpha value is -7.16. The zero-order valence-electron chi connectivity index (χ0n) is 28.8. The zero-order valence-corrected chi connectivity index (χ0v) is 28.8. The lowest BCUT2D eigenvalue weighted by Crippen LogP contribution is -1.98. The first kappa shape index (κ1) is 27.5. The van der Waals surface area contributed by atoms with Crippen LogP contribution in [0, 0.1) is 0 Å². The molecule has 2 aliphatic rings. The molecule has 0 saturated carbocycles. The minimum atomic E-state index is 0.881. The molecular weight excluding hydrogens is 657 g/mol. The van der Waals surface area contributed by atoms with Crippen molar-refractivity contribution in [3.63, 3.8) is 0 Å². The van der Waals surface area contributed by atoms with Crippen LogP contribution in [-0.2, 0) is 0 Å². The minimum absolute atomic E-state index is 0.881. The molecule has 0 amide bonds. The molecule has 12 aromatic carbocycles. The maximum absolute atomic E-state index is 7.08. The second-order valence-electron chi connectivity index (χ2n) is 15.0. The van der Waals surface area contributed by atoms with Crippen molar-refractivity contribution in [2.75, 3.05) is 0 Å². The van der Waals surface area contributed by atoms with Gasteiger partial charge in [-0.25, -0.2) is 0 Å². The van der Waals surface area contributed by atoms with Crippen LogP contribution in [0.15, 0.2) is 167 Å². The summed E-state index contributed by atoms with van der Waals surface area (Å²) < 4.78 is 14.2. The van der Waals surface area contributed by atoms with Crippen molar-refractivity contribution in [3.8, 4) is 33.4 Å². The van der Waals surface area contributed by atoms with Crippen LogP contribution in [0.4, 0.5) is 0 Å². The Bertz CT molecular complexity index is 3560. The van der Waals surface area contributed by atoms with E-state index in [1.54, 1.807) is 0 Å². The average Bonchev–Trinajstić information content (AvgIpc) is 3.23. The predicted octanol–water partition coefficient (Wildman–Crippen LogP) is 15.2. The molecule has 2 nitrogen and oxygen atoms in total. The number of fused-ring (bicyclic) bond motifs is 4. The molecule has 2 heteroatoms. The molecule has 2 heterocycles. The van der Waals surface area contributed by atoms with Crippen molar-refractivity contribution in [3.05, 3.63) is 158 Å². The van der Waals surface area contributed by atoms with Crippen molar-refractivity contribution < 1.29 is 8.83 Å². The molecule has 0 N–H and O–H groups in total. The lowest BCUT2D eigenvalue weighted by Gasteiger charge is -2.24. The van der Waals surface area contributed by atoms with Crippen molar-refractivity contribution >= 4 is 109 Å². The number of hydrogen-bond donors (Lipinski definition) is 0. The molecule has 0 aromatic heterocycles.